The van der Waals surface area contributed by atoms with Gasteiger partial charge in [0, 0.05) is 37.5 Å². The Balaban J connectivity index is 1.14. The van der Waals surface area contributed by atoms with Crippen molar-refractivity contribution < 1.29 is 14.4 Å². The maximum Gasteiger partial charge on any atom is 0.255 e. The quantitative estimate of drug-likeness (QED) is 0.529. The molecule has 2 aromatic carbocycles. The molecule has 0 bridgehead atoms. The molecule has 1 aliphatic heterocycles. The van der Waals surface area contributed by atoms with Crippen LogP contribution in [0.15, 0.2) is 48.8 Å². The molecule has 1 fully saturated rings. The summed E-state index contributed by atoms with van der Waals surface area (Å²) in [6.45, 7) is 4.72. The van der Waals surface area contributed by atoms with Gasteiger partial charge in [0.15, 0.2) is 0 Å². The minimum Gasteiger partial charge on any atom is -0.342 e. The summed E-state index contributed by atoms with van der Waals surface area (Å²) in [4.78, 5) is 39.1. The highest BCUT2D eigenvalue weighted by Gasteiger charge is 2.25. The normalized spacial score (nSPS) is 15.4. The number of hydrogen-bond acceptors (Lipinski definition) is 4. The van der Waals surface area contributed by atoms with Gasteiger partial charge in [-0.1, -0.05) is 24.3 Å². The molecule has 3 aromatic rings. The van der Waals surface area contributed by atoms with Crippen molar-refractivity contribution in [3.63, 3.8) is 0 Å². The largest absolute Gasteiger partial charge is 0.342 e. The molecule has 8 nitrogen and oxygen atoms in total. The molecule has 2 aliphatic rings. The zero-order valence-electron chi connectivity index (χ0n) is 21.4. The number of aryl methyl sites for hydroxylation is 3. The third-order valence-corrected chi connectivity index (χ3v) is 7.38. The second-order valence-electron chi connectivity index (χ2n) is 10.1. The number of rotatable bonds is 6. The Morgan fingerprint density at radius 1 is 1.00 bits per heavy atom. The lowest BCUT2D eigenvalue weighted by molar-refractivity contribution is -0.131. The second kappa shape index (κ2) is 10.6. The number of hydrogen-bond donors (Lipinski definition) is 2. The van der Waals surface area contributed by atoms with Crippen molar-refractivity contribution in [2.45, 2.75) is 58.4 Å². The van der Waals surface area contributed by atoms with Crippen LogP contribution in [0.3, 0.4) is 0 Å². The van der Waals surface area contributed by atoms with Crippen LogP contribution in [0.5, 0.6) is 0 Å². The van der Waals surface area contributed by atoms with Crippen LogP contribution in [0.4, 0.5) is 11.4 Å². The Kier molecular flexibility index (Phi) is 7.08. The first-order chi connectivity index (χ1) is 17.9. The van der Waals surface area contributed by atoms with Crippen molar-refractivity contribution >= 4 is 29.1 Å². The molecular weight excluding hydrogens is 466 g/mol. The lowest BCUT2D eigenvalue weighted by Gasteiger charge is -2.32. The standard InChI is InChI=1S/C29H33N5O3/c1-19-6-8-24(16-27(19)31-20(2)35)29(37)32-25-17-30-34(18-25)26-10-12-33(13-11-26)28(36)15-21-7-9-22-4-3-5-23(22)14-21/h6-9,14,16-18,26H,3-5,10-13,15H2,1-2H3,(H,31,35)(H,32,37). The zero-order chi connectivity index (χ0) is 25.9. The van der Waals surface area contributed by atoms with E-state index in [4.69, 9.17) is 0 Å². The van der Waals surface area contributed by atoms with E-state index in [1.54, 1.807) is 18.3 Å². The van der Waals surface area contributed by atoms with Crippen LogP contribution in [-0.2, 0) is 28.9 Å². The number of aromatic nitrogens is 2. The van der Waals surface area contributed by atoms with Gasteiger partial charge in [0.2, 0.25) is 11.8 Å². The molecule has 192 valence electrons. The summed E-state index contributed by atoms with van der Waals surface area (Å²) in [5.41, 5.74) is 6.52. The van der Waals surface area contributed by atoms with Gasteiger partial charge >= 0.3 is 0 Å². The summed E-state index contributed by atoms with van der Waals surface area (Å²) in [6, 6.07) is 11.9. The van der Waals surface area contributed by atoms with Gasteiger partial charge in [0.1, 0.15) is 0 Å². The molecule has 1 aliphatic carbocycles. The molecule has 2 N–H and O–H groups in total. The first-order valence-corrected chi connectivity index (χ1v) is 13.0. The van der Waals surface area contributed by atoms with Crippen molar-refractivity contribution in [2.75, 3.05) is 23.7 Å². The Morgan fingerprint density at radius 2 is 1.78 bits per heavy atom. The molecule has 3 amide bonds. The average molecular weight is 500 g/mol. The maximum atomic E-state index is 12.9. The molecule has 0 saturated carbocycles. The number of benzene rings is 2. The van der Waals surface area contributed by atoms with E-state index < -0.39 is 0 Å². The van der Waals surface area contributed by atoms with Crippen molar-refractivity contribution in [3.05, 3.63) is 76.6 Å². The number of carbonyl (C=O) groups is 3. The van der Waals surface area contributed by atoms with E-state index in [1.807, 2.05) is 28.8 Å². The predicted molar refractivity (Wildman–Crippen MR) is 143 cm³/mol. The molecular formula is C29H33N5O3. The lowest BCUT2D eigenvalue weighted by atomic mass is 10.0. The minimum absolute atomic E-state index is 0.181. The highest BCUT2D eigenvalue weighted by molar-refractivity contribution is 6.05. The summed E-state index contributed by atoms with van der Waals surface area (Å²) in [5.74, 6) is -0.266. The molecule has 0 atom stereocenters. The summed E-state index contributed by atoms with van der Waals surface area (Å²) in [6.07, 6.45) is 9.08. The van der Waals surface area contributed by atoms with Gasteiger partial charge in [-0.2, -0.15) is 5.10 Å². The maximum absolute atomic E-state index is 12.9. The fourth-order valence-electron chi connectivity index (χ4n) is 5.29. The Morgan fingerprint density at radius 3 is 2.57 bits per heavy atom. The molecule has 1 saturated heterocycles. The van der Waals surface area contributed by atoms with Gasteiger partial charge in [-0.15, -0.1) is 0 Å². The topological polar surface area (TPSA) is 96.3 Å². The number of likely N-dealkylation sites (tertiary alicyclic amines) is 1. The first-order valence-electron chi connectivity index (χ1n) is 13.0. The zero-order valence-corrected chi connectivity index (χ0v) is 21.4. The fraction of sp³-hybridized carbons (Fsp3) is 0.379. The number of anilines is 2. The van der Waals surface area contributed by atoms with Crippen LogP contribution < -0.4 is 10.6 Å². The fourth-order valence-corrected chi connectivity index (χ4v) is 5.29. The van der Waals surface area contributed by atoms with Crippen molar-refractivity contribution in [3.8, 4) is 0 Å². The van der Waals surface area contributed by atoms with E-state index in [1.165, 1.54) is 24.5 Å². The van der Waals surface area contributed by atoms with E-state index >= 15 is 0 Å². The number of nitrogens with one attached hydrogen (secondary N) is 2. The molecule has 1 aromatic heterocycles. The van der Waals surface area contributed by atoms with Crippen LogP contribution in [0.2, 0.25) is 0 Å². The summed E-state index contributed by atoms with van der Waals surface area (Å²) < 4.78 is 1.88. The number of piperidine rings is 1. The molecule has 0 radical (unpaired) electrons. The summed E-state index contributed by atoms with van der Waals surface area (Å²) in [5, 5.41) is 10.1. The van der Waals surface area contributed by atoms with Crippen LogP contribution in [0.1, 0.15) is 64.8 Å². The van der Waals surface area contributed by atoms with E-state index in [0.717, 1.165) is 36.8 Å². The van der Waals surface area contributed by atoms with Crippen molar-refractivity contribution in [1.29, 1.82) is 0 Å². The molecule has 8 heteroatoms. The van der Waals surface area contributed by atoms with Crippen molar-refractivity contribution in [2.24, 2.45) is 0 Å². The van der Waals surface area contributed by atoms with Crippen molar-refractivity contribution in [1.82, 2.24) is 14.7 Å². The van der Waals surface area contributed by atoms with Gasteiger partial charge < -0.3 is 15.5 Å². The molecule has 5 rings (SSSR count). The van der Waals surface area contributed by atoms with Gasteiger partial charge in [0.05, 0.1) is 24.3 Å². The number of amides is 3. The second-order valence-corrected chi connectivity index (χ2v) is 10.1. The molecule has 37 heavy (non-hydrogen) atoms. The smallest absolute Gasteiger partial charge is 0.255 e. The Hall–Kier alpha value is -3.94. The minimum atomic E-state index is -0.266. The Labute approximate surface area is 217 Å². The predicted octanol–water partition coefficient (Wildman–Crippen LogP) is 4.30. The van der Waals surface area contributed by atoms with Gasteiger partial charge in [-0.3, -0.25) is 19.1 Å². The molecule has 0 unspecified atom stereocenters. The summed E-state index contributed by atoms with van der Waals surface area (Å²) >= 11 is 0. The highest BCUT2D eigenvalue weighted by atomic mass is 16.2. The van der Waals surface area contributed by atoms with E-state index in [-0.39, 0.29) is 23.8 Å². The highest BCUT2D eigenvalue weighted by Crippen LogP contribution is 2.26. The van der Waals surface area contributed by atoms with Crippen LogP contribution in [0, 0.1) is 6.92 Å². The van der Waals surface area contributed by atoms with E-state index in [0.29, 0.717) is 36.4 Å². The van der Waals surface area contributed by atoms with Gasteiger partial charge in [0.25, 0.3) is 5.91 Å². The monoisotopic (exact) mass is 499 g/mol. The lowest BCUT2D eigenvalue weighted by Crippen LogP contribution is -2.40. The van der Waals surface area contributed by atoms with E-state index in [9.17, 15) is 14.4 Å². The van der Waals surface area contributed by atoms with Crippen LogP contribution >= 0.6 is 0 Å². The van der Waals surface area contributed by atoms with E-state index in [2.05, 4.69) is 33.9 Å². The average Bonchev–Trinajstić information content (AvgIpc) is 3.54. The van der Waals surface area contributed by atoms with Gasteiger partial charge in [-0.25, -0.2) is 0 Å². The third-order valence-electron chi connectivity index (χ3n) is 7.38. The third kappa shape index (κ3) is 5.74. The number of fused-ring (bicyclic) bond motifs is 1. The van der Waals surface area contributed by atoms with Crippen LogP contribution in [-0.4, -0.2) is 45.5 Å². The molecule has 2 heterocycles. The number of carbonyl (C=O) groups excluding carboxylic acids is 3. The van der Waals surface area contributed by atoms with Gasteiger partial charge in [-0.05, 0) is 73.4 Å². The first kappa shape index (κ1) is 24.7. The number of nitrogens with zero attached hydrogens (tertiary/aromatic N) is 3. The summed E-state index contributed by atoms with van der Waals surface area (Å²) in [7, 11) is 0. The molecule has 0 spiro atoms. The van der Waals surface area contributed by atoms with Crippen LogP contribution in [0.25, 0.3) is 0 Å². The SMILES string of the molecule is CC(=O)Nc1cc(C(=O)Nc2cnn(C3CCN(C(=O)Cc4ccc5c(c4)CCC5)CC3)c2)ccc1C. The Bertz CT molecular complexity index is 1340.